The summed E-state index contributed by atoms with van der Waals surface area (Å²) in [7, 11) is 0. The molecule has 0 amide bonds. The Balaban J connectivity index is 2.01. The second-order valence-electron chi connectivity index (χ2n) is 4.37. The number of benzene rings is 2. The number of anilines is 3. The van der Waals surface area contributed by atoms with Gasteiger partial charge in [0.1, 0.15) is 11.6 Å². The van der Waals surface area contributed by atoms with Crippen LogP contribution in [-0.2, 0) is 0 Å². The SMILES string of the molecule is Nc1ccc2nc(Nc3c(F)cccc3Br)ccc2c1. The number of nitrogens with zero attached hydrogens (tertiary/aromatic N) is 1. The van der Waals surface area contributed by atoms with Crippen molar-refractivity contribution in [1.82, 2.24) is 4.98 Å². The van der Waals surface area contributed by atoms with Gasteiger partial charge in [0.05, 0.1) is 11.2 Å². The van der Waals surface area contributed by atoms with Gasteiger partial charge in [-0.05, 0) is 58.4 Å². The molecule has 0 aliphatic heterocycles. The van der Waals surface area contributed by atoms with Crippen molar-refractivity contribution >= 4 is 44.0 Å². The maximum absolute atomic E-state index is 13.8. The molecule has 0 fully saturated rings. The number of para-hydroxylation sites is 1. The summed E-state index contributed by atoms with van der Waals surface area (Å²) in [5.74, 6) is 0.242. The minimum atomic E-state index is -0.335. The molecule has 1 heterocycles. The van der Waals surface area contributed by atoms with Crippen LogP contribution in [0.1, 0.15) is 0 Å². The van der Waals surface area contributed by atoms with Gasteiger partial charge in [-0.3, -0.25) is 0 Å². The van der Waals surface area contributed by atoms with Crippen LogP contribution in [0.4, 0.5) is 21.6 Å². The van der Waals surface area contributed by atoms with Gasteiger partial charge in [-0.15, -0.1) is 0 Å². The Hall–Kier alpha value is -2.14. The van der Waals surface area contributed by atoms with Gasteiger partial charge in [-0.2, -0.15) is 0 Å². The summed E-state index contributed by atoms with van der Waals surface area (Å²) in [6.07, 6.45) is 0. The average molecular weight is 332 g/mol. The molecule has 0 saturated carbocycles. The van der Waals surface area contributed by atoms with Gasteiger partial charge < -0.3 is 11.1 Å². The molecule has 0 bridgehead atoms. The summed E-state index contributed by atoms with van der Waals surface area (Å²) in [4.78, 5) is 4.44. The molecule has 5 heteroatoms. The van der Waals surface area contributed by atoms with Crippen molar-refractivity contribution in [2.45, 2.75) is 0 Å². The molecule has 1 aromatic heterocycles. The first-order valence-corrected chi connectivity index (χ1v) is 6.80. The van der Waals surface area contributed by atoms with Crippen molar-refractivity contribution < 1.29 is 4.39 Å². The number of nitrogens with two attached hydrogens (primary N) is 1. The van der Waals surface area contributed by atoms with Crippen molar-refractivity contribution in [3.8, 4) is 0 Å². The van der Waals surface area contributed by atoms with Crippen LogP contribution >= 0.6 is 15.9 Å². The molecule has 0 atom stereocenters. The quantitative estimate of drug-likeness (QED) is 0.681. The molecule has 0 unspecified atom stereocenters. The average Bonchev–Trinajstić information content (AvgIpc) is 2.43. The van der Waals surface area contributed by atoms with Crippen LogP contribution in [-0.4, -0.2) is 4.98 Å². The first-order chi connectivity index (χ1) is 9.63. The fraction of sp³-hybridized carbons (Fsp3) is 0. The molecule has 0 aliphatic carbocycles. The van der Waals surface area contributed by atoms with Crippen molar-refractivity contribution in [3.63, 3.8) is 0 Å². The number of halogens is 2. The van der Waals surface area contributed by atoms with Gasteiger partial charge in [0.25, 0.3) is 0 Å². The molecule has 0 radical (unpaired) electrons. The highest BCUT2D eigenvalue weighted by molar-refractivity contribution is 9.10. The normalized spacial score (nSPS) is 10.7. The highest BCUT2D eigenvalue weighted by Crippen LogP contribution is 2.28. The van der Waals surface area contributed by atoms with Crippen LogP contribution in [0.3, 0.4) is 0 Å². The van der Waals surface area contributed by atoms with E-state index in [2.05, 4.69) is 26.2 Å². The minimum Gasteiger partial charge on any atom is -0.399 e. The summed E-state index contributed by atoms with van der Waals surface area (Å²) < 4.78 is 14.4. The number of nitrogen functional groups attached to an aromatic ring is 1. The number of rotatable bonds is 2. The fourth-order valence-corrected chi connectivity index (χ4v) is 2.40. The molecule has 3 rings (SSSR count). The Kier molecular flexibility index (Phi) is 3.28. The lowest BCUT2D eigenvalue weighted by Crippen LogP contribution is -1.97. The largest absolute Gasteiger partial charge is 0.399 e. The van der Waals surface area contributed by atoms with Crippen molar-refractivity contribution in [2.24, 2.45) is 0 Å². The highest BCUT2D eigenvalue weighted by atomic mass is 79.9. The molecule has 100 valence electrons. The summed E-state index contributed by atoms with van der Waals surface area (Å²) in [5.41, 5.74) is 7.59. The van der Waals surface area contributed by atoms with E-state index in [-0.39, 0.29) is 5.82 Å². The van der Waals surface area contributed by atoms with Crippen LogP contribution in [0.25, 0.3) is 10.9 Å². The van der Waals surface area contributed by atoms with E-state index in [4.69, 9.17) is 5.73 Å². The Morgan fingerprint density at radius 1 is 1.10 bits per heavy atom. The first-order valence-electron chi connectivity index (χ1n) is 6.01. The van der Waals surface area contributed by atoms with Crippen molar-refractivity contribution in [1.29, 1.82) is 0 Å². The van der Waals surface area contributed by atoms with E-state index in [9.17, 15) is 4.39 Å². The lowest BCUT2D eigenvalue weighted by Gasteiger charge is -2.09. The number of aromatic nitrogens is 1. The molecular weight excluding hydrogens is 321 g/mol. The zero-order valence-corrected chi connectivity index (χ0v) is 12.0. The van der Waals surface area contributed by atoms with Crippen LogP contribution in [0.15, 0.2) is 53.0 Å². The van der Waals surface area contributed by atoms with Crippen molar-refractivity contribution in [3.05, 3.63) is 58.8 Å². The zero-order valence-electron chi connectivity index (χ0n) is 10.4. The topological polar surface area (TPSA) is 50.9 Å². The zero-order chi connectivity index (χ0) is 14.1. The van der Waals surface area contributed by atoms with Gasteiger partial charge >= 0.3 is 0 Å². The second-order valence-corrected chi connectivity index (χ2v) is 5.22. The standard InChI is InChI=1S/C15H11BrFN3/c16-11-2-1-3-12(17)15(11)20-14-7-4-9-8-10(18)5-6-13(9)19-14/h1-8H,18H2,(H,19,20). The Morgan fingerprint density at radius 2 is 1.95 bits per heavy atom. The van der Waals surface area contributed by atoms with Gasteiger partial charge in [0.2, 0.25) is 0 Å². The van der Waals surface area contributed by atoms with E-state index in [1.165, 1.54) is 6.07 Å². The molecule has 20 heavy (non-hydrogen) atoms. The summed E-state index contributed by atoms with van der Waals surface area (Å²) in [6.45, 7) is 0. The Bertz CT molecular complexity index is 769. The third-order valence-corrected chi connectivity index (χ3v) is 3.59. The predicted octanol–water partition coefficient (Wildman–Crippen LogP) is 4.46. The van der Waals surface area contributed by atoms with Crippen LogP contribution in [0.2, 0.25) is 0 Å². The lowest BCUT2D eigenvalue weighted by atomic mass is 10.2. The maximum Gasteiger partial charge on any atom is 0.147 e. The molecule has 3 N–H and O–H groups in total. The van der Waals surface area contributed by atoms with E-state index in [1.807, 2.05) is 18.2 Å². The molecule has 0 aliphatic rings. The van der Waals surface area contributed by atoms with Crippen LogP contribution in [0, 0.1) is 5.82 Å². The van der Waals surface area contributed by atoms with Crippen molar-refractivity contribution in [2.75, 3.05) is 11.1 Å². The molecule has 3 nitrogen and oxygen atoms in total. The summed E-state index contributed by atoms with van der Waals surface area (Å²) >= 11 is 3.32. The van der Waals surface area contributed by atoms with E-state index >= 15 is 0 Å². The van der Waals surface area contributed by atoms with Gasteiger partial charge in [0.15, 0.2) is 0 Å². The van der Waals surface area contributed by atoms with Crippen LogP contribution < -0.4 is 11.1 Å². The predicted molar refractivity (Wildman–Crippen MR) is 83.5 cm³/mol. The molecule has 3 aromatic rings. The Morgan fingerprint density at radius 3 is 2.75 bits per heavy atom. The maximum atomic E-state index is 13.8. The third-order valence-electron chi connectivity index (χ3n) is 2.93. The van der Waals surface area contributed by atoms with E-state index < -0.39 is 0 Å². The summed E-state index contributed by atoms with van der Waals surface area (Å²) in [5, 5.41) is 3.93. The fourth-order valence-electron chi connectivity index (χ4n) is 1.96. The number of pyridine rings is 1. The smallest absolute Gasteiger partial charge is 0.147 e. The van der Waals surface area contributed by atoms with E-state index in [0.717, 1.165) is 10.9 Å². The minimum absolute atomic E-state index is 0.335. The monoisotopic (exact) mass is 331 g/mol. The molecular formula is C15H11BrFN3. The number of hydrogen-bond donors (Lipinski definition) is 2. The van der Waals surface area contributed by atoms with Gasteiger partial charge in [-0.1, -0.05) is 6.07 Å². The van der Waals surface area contributed by atoms with E-state index in [0.29, 0.717) is 21.7 Å². The lowest BCUT2D eigenvalue weighted by molar-refractivity contribution is 0.631. The third kappa shape index (κ3) is 2.44. The molecule has 0 saturated heterocycles. The number of nitrogens with one attached hydrogen (secondary N) is 1. The highest BCUT2D eigenvalue weighted by Gasteiger charge is 2.07. The Labute approximate surface area is 123 Å². The van der Waals surface area contributed by atoms with E-state index in [1.54, 1.807) is 24.3 Å². The van der Waals surface area contributed by atoms with Gasteiger partial charge in [0, 0.05) is 15.5 Å². The molecule has 2 aromatic carbocycles. The second kappa shape index (κ2) is 5.09. The first kappa shape index (κ1) is 12.9. The summed E-state index contributed by atoms with van der Waals surface area (Å²) in [6, 6.07) is 14.0. The molecule has 0 spiro atoms. The number of fused-ring (bicyclic) bond motifs is 1. The van der Waals surface area contributed by atoms with Gasteiger partial charge in [-0.25, -0.2) is 9.37 Å². The van der Waals surface area contributed by atoms with Crippen LogP contribution in [0.5, 0.6) is 0 Å². The number of hydrogen-bond acceptors (Lipinski definition) is 3.